The first kappa shape index (κ1) is 12.3. The number of rotatable bonds is 5. The standard InChI is InChI=1S/C13H20N2O2/c1-15-11(7-8-14-15)5-6-12(16)10-13-4-2-3-9-17-13/h7-8,13H,2-6,9-10H2,1H3. The van der Waals surface area contributed by atoms with E-state index in [2.05, 4.69) is 5.10 Å². The molecule has 1 fully saturated rings. The van der Waals surface area contributed by atoms with Crippen molar-refractivity contribution in [2.75, 3.05) is 6.61 Å². The van der Waals surface area contributed by atoms with E-state index in [0.29, 0.717) is 18.6 Å². The SMILES string of the molecule is Cn1nccc1CCC(=O)CC1CCCCO1. The number of nitrogens with zero attached hydrogens (tertiary/aromatic N) is 2. The van der Waals surface area contributed by atoms with E-state index in [4.69, 9.17) is 4.74 Å². The number of Topliss-reactive ketones (excluding diaryl/α,β-unsaturated/α-hetero) is 1. The van der Waals surface area contributed by atoms with E-state index in [0.717, 1.165) is 31.6 Å². The minimum Gasteiger partial charge on any atom is -0.378 e. The molecule has 0 N–H and O–H groups in total. The van der Waals surface area contributed by atoms with Crippen LogP contribution in [0, 0.1) is 0 Å². The molecule has 2 heterocycles. The van der Waals surface area contributed by atoms with Crippen molar-refractivity contribution in [2.24, 2.45) is 7.05 Å². The highest BCUT2D eigenvalue weighted by molar-refractivity contribution is 5.79. The van der Waals surface area contributed by atoms with Gasteiger partial charge in [-0.2, -0.15) is 5.10 Å². The summed E-state index contributed by atoms with van der Waals surface area (Å²) in [4.78, 5) is 11.8. The van der Waals surface area contributed by atoms with Crippen molar-refractivity contribution < 1.29 is 9.53 Å². The lowest BCUT2D eigenvalue weighted by Crippen LogP contribution is -2.22. The van der Waals surface area contributed by atoms with E-state index in [9.17, 15) is 4.79 Å². The van der Waals surface area contributed by atoms with Crippen LogP contribution in [-0.4, -0.2) is 28.3 Å². The number of ether oxygens (including phenoxy) is 1. The number of hydrogen-bond acceptors (Lipinski definition) is 3. The van der Waals surface area contributed by atoms with Crippen molar-refractivity contribution in [3.8, 4) is 0 Å². The van der Waals surface area contributed by atoms with Gasteiger partial charge in [0.15, 0.2) is 0 Å². The zero-order valence-corrected chi connectivity index (χ0v) is 10.4. The lowest BCUT2D eigenvalue weighted by Gasteiger charge is -2.21. The Kier molecular flexibility index (Phi) is 4.31. The third-order valence-electron chi connectivity index (χ3n) is 3.31. The van der Waals surface area contributed by atoms with Crippen molar-refractivity contribution in [3.05, 3.63) is 18.0 Å². The monoisotopic (exact) mass is 236 g/mol. The smallest absolute Gasteiger partial charge is 0.135 e. The molecule has 0 amide bonds. The minimum absolute atomic E-state index is 0.169. The summed E-state index contributed by atoms with van der Waals surface area (Å²) in [6.45, 7) is 0.819. The molecule has 0 radical (unpaired) electrons. The van der Waals surface area contributed by atoms with Gasteiger partial charge in [0.05, 0.1) is 6.10 Å². The Morgan fingerprint density at radius 2 is 2.47 bits per heavy atom. The van der Waals surface area contributed by atoms with Crippen LogP contribution in [0.25, 0.3) is 0 Å². The van der Waals surface area contributed by atoms with Crippen LogP contribution >= 0.6 is 0 Å². The summed E-state index contributed by atoms with van der Waals surface area (Å²) >= 11 is 0. The molecule has 1 aliphatic heterocycles. The van der Waals surface area contributed by atoms with E-state index in [1.807, 2.05) is 17.8 Å². The van der Waals surface area contributed by atoms with Gasteiger partial charge in [-0.3, -0.25) is 9.48 Å². The summed E-state index contributed by atoms with van der Waals surface area (Å²) in [7, 11) is 1.91. The van der Waals surface area contributed by atoms with Crippen LogP contribution in [0.4, 0.5) is 0 Å². The molecule has 1 atom stereocenters. The molecule has 1 aromatic heterocycles. The summed E-state index contributed by atoms with van der Waals surface area (Å²) in [6, 6.07) is 1.96. The summed E-state index contributed by atoms with van der Waals surface area (Å²) < 4.78 is 7.39. The first-order valence-electron chi connectivity index (χ1n) is 6.36. The van der Waals surface area contributed by atoms with Crippen molar-refractivity contribution in [1.29, 1.82) is 0 Å². The van der Waals surface area contributed by atoms with Crippen LogP contribution in [0.5, 0.6) is 0 Å². The number of aromatic nitrogens is 2. The van der Waals surface area contributed by atoms with Crippen molar-refractivity contribution in [2.45, 2.75) is 44.6 Å². The van der Waals surface area contributed by atoms with E-state index < -0.39 is 0 Å². The quantitative estimate of drug-likeness (QED) is 0.784. The maximum absolute atomic E-state index is 11.8. The number of ketones is 1. The average Bonchev–Trinajstić information content (AvgIpc) is 2.74. The second-order valence-electron chi connectivity index (χ2n) is 4.68. The van der Waals surface area contributed by atoms with Crippen molar-refractivity contribution in [1.82, 2.24) is 9.78 Å². The molecule has 4 nitrogen and oxygen atoms in total. The highest BCUT2D eigenvalue weighted by Crippen LogP contribution is 2.16. The van der Waals surface area contributed by atoms with Crippen LogP contribution in [0.15, 0.2) is 12.3 Å². The molecule has 0 spiro atoms. The Morgan fingerprint density at radius 3 is 3.12 bits per heavy atom. The molecule has 0 bridgehead atoms. The Balaban J connectivity index is 1.72. The molecule has 4 heteroatoms. The molecule has 0 aliphatic carbocycles. The molecule has 0 aromatic carbocycles. The Bertz CT molecular complexity index is 367. The fourth-order valence-corrected chi connectivity index (χ4v) is 2.24. The number of carbonyl (C=O) groups is 1. The molecule has 17 heavy (non-hydrogen) atoms. The maximum atomic E-state index is 11.8. The van der Waals surface area contributed by atoms with Crippen LogP contribution in [0.1, 0.15) is 37.8 Å². The summed E-state index contributed by atoms with van der Waals surface area (Å²) in [5, 5.41) is 4.09. The highest BCUT2D eigenvalue weighted by Gasteiger charge is 2.17. The topological polar surface area (TPSA) is 44.1 Å². The first-order valence-corrected chi connectivity index (χ1v) is 6.36. The molecule has 0 saturated carbocycles. The summed E-state index contributed by atoms with van der Waals surface area (Å²) in [5.41, 5.74) is 1.11. The van der Waals surface area contributed by atoms with Gasteiger partial charge in [-0.1, -0.05) is 0 Å². The largest absolute Gasteiger partial charge is 0.378 e. The van der Waals surface area contributed by atoms with Gasteiger partial charge in [0.2, 0.25) is 0 Å². The van der Waals surface area contributed by atoms with Gasteiger partial charge in [-0.05, 0) is 31.7 Å². The van der Waals surface area contributed by atoms with Gasteiger partial charge in [0.1, 0.15) is 5.78 Å². The Morgan fingerprint density at radius 1 is 1.59 bits per heavy atom. The lowest BCUT2D eigenvalue weighted by molar-refractivity contribution is -0.122. The minimum atomic E-state index is 0.169. The molecular weight excluding hydrogens is 216 g/mol. The number of aryl methyl sites for hydroxylation is 2. The summed E-state index contributed by atoms with van der Waals surface area (Å²) in [5.74, 6) is 0.304. The van der Waals surface area contributed by atoms with Crippen LogP contribution in [0.3, 0.4) is 0 Å². The number of carbonyl (C=O) groups excluding carboxylic acids is 1. The van der Waals surface area contributed by atoms with Crippen molar-refractivity contribution in [3.63, 3.8) is 0 Å². The number of hydrogen-bond donors (Lipinski definition) is 0. The van der Waals surface area contributed by atoms with Crippen LogP contribution < -0.4 is 0 Å². The first-order chi connectivity index (χ1) is 8.25. The molecule has 1 unspecified atom stereocenters. The predicted octanol–water partition coefficient (Wildman–Crippen LogP) is 1.88. The fourth-order valence-electron chi connectivity index (χ4n) is 2.24. The molecule has 2 rings (SSSR count). The van der Waals surface area contributed by atoms with E-state index in [1.54, 1.807) is 6.20 Å². The molecule has 1 saturated heterocycles. The maximum Gasteiger partial charge on any atom is 0.135 e. The molecule has 94 valence electrons. The second kappa shape index (κ2) is 5.96. The molecule has 1 aliphatic rings. The second-order valence-corrected chi connectivity index (χ2v) is 4.68. The zero-order valence-electron chi connectivity index (χ0n) is 10.4. The summed E-state index contributed by atoms with van der Waals surface area (Å²) in [6.07, 6.45) is 7.27. The van der Waals surface area contributed by atoms with E-state index in [1.165, 1.54) is 6.42 Å². The van der Waals surface area contributed by atoms with Gasteiger partial charge < -0.3 is 4.74 Å². The van der Waals surface area contributed by atoms with E-state index >= 15 is 0 Å². The van der Waals surface area contributed by atoms with Crippen LogP contribution in [-0.2, 0) is 23.0 Å². The normalized spacial score (nSPS) is 20.4. The van der Waals surface area contributed by atoms with Gasteiger partial charge in [-0.15, -0.1) is 0 Å². The van der Waals surface area contributed by atoms with E-state index in [-0.39, 0.29) is 6.10 Å². The third-order valence-corrected chi connectivity index (χ3v) is 3.31. The van der Waals surface area contributed by atoms with Gasteiger partial charge in [-0.25, -0.2) is 0 Å². The Labute approximate surface area is 102 Å². The van der Waals surface area contributed by atoms with Gasteiger partial charge in [0.25, 0.3) is 0 Å². The molecular formula is C13H20N2O2. The zero-order chi connectivity index (χ0) is 12.1. The Hall–Kier alpha value is -1.16. The fraction of sp³-hybridized carbons (Fsp3) is 0.692. The van der Waals surface area contributed by atoms with Gasteiger partial charge >= 0.3 is 0 Å². The predicted molar refractivity (Wildman–Crippen MR) is 64.7 cm³/mol. The van der Waals surface area contributed by atoms with Crippen LogP contribution in [0.2, 0.25) is 0 Å². The van der Waals surface area contributed by atoms with Crippen molar-refractivity contribution >= 4 is 5.78 Å². The van der Waals surface area contributed by atoms with Gasteiger partial charge in [0, 0.05) is 38.4 Å². The molecule has 1 aromatic rings. The highest BCUT2D eigenvalue weighted by atomic mass is 16.5. The third kappa shape index (κ3) is 3.66. The average molecular weight is 236 g/mol. The lowest BCUT2D eigenvalue weighted by atomic mass is 10.0.